The van der Waals surface area contributed by atoms with Gasteiger partial charge >= 0.3 is 0 Å². The number of benzene rings is 1. The molecule has 2 aromatic rings. The number of nitrogens with zero attached hydrogens (tertiary/aromatic N) is 1. The van der Waals surface area contributed by atoms with Crippen LogP contribution >= 0.6 is 11.3 Å². The molecule has 0 spiro atoms. The van der Waals surface area contributed by atoms with Crippen LogP contribution < -0.4 is 5.32 Å². The zero-order valence-corrected chi connectivity index (χ0v) is 15.6. The van der Waals surface area contributed by atoms with E-state index >= 15 is 0 Å². The van der Waals surface area contributed by atoms with Crippen molar-refractivity contribution in [3.05, 3.63) is 51.7 Å². The Balaban J connectivity index is 1.65. The topological polar surface area (TPSA) is 49.4 Å². The van der Waals surface area contributed by atoms with Crippen LogP contribution in [0.25, 0.3) is 0 Å². The summed E-state index contributed by atoms with van der Waals surface area (Å²) in [6, 6.07) is 11.5. The largest absolute Gasteiger partial charge is 0.337 e. The average Bonchev–Trinajstić information content (AvgIpc) is 3.03. The first-order valence-electron chi connectivity index (χ1n) is 8.83. The summed E-state index contributed by atoms with van der Waals surface area (Å²) in [5, 5.41) is 2.96. The van der Waals surface area contributed by atoms with Gasteiger partial charge in [-0.25, -0.2) is 0 Å². The first kappa shape index (κ1) is 17.7. The number of hydrogen-bond donors (Lipinski definition) is 1. The third-order valence-electron chi connectivity index (χ3n) is 4.73. The number of anilines is 1. The molecular formula is C20H24N2O2S. The molecule has 2 amide bonds. The molecule has 1 aromatic heterocycles. The highest BCUT2D eigenvalue weighted by Crippen LogP contribution is 2.26. The molecule has 4 nitrogen and oxygen atoms in total. The van der Waals surface area contributed by atoms with Crippen molar-refractivity contribution < 1.29 is 9.59 Å². The van der Waals surface area contributed by atoms with E-state index in [0.717, 1.165) is 36.4 Å². The van der Waals surface area contributed by atoms with Gasteiger partial charge in [0.2, 0.25) is 5.91 Å². The summed E-state index contributed by atoms with van der Waals surface area (Å²) < 4.78 is 0. The Hall–Kier alpha value is -2.14. The molecule has 1 unspecified atom stereocenters. The second-order valence-electron chi connectivity index (χ2n) is 6.49. The molecule has 1 aromatic carbocycles. The fourth-order valence-corrected chi connectivity index (χ4v) is 4.36. The maximum atomic E-state index is 12.8. The van der Waals surface area contributed by atoms with Crippen molar-refractivity contribution in [2.75, 3.05) is 18.4 Å². The summed E-state index contributed by atoms with van der Waals surface area (Å²) in [5.74, 6) is -0.0880. The van der Waals surface area contributed by atoms with Crippen molar-refractivity contribution in [1.82, 2.24) is 4.90 Å². The van der Waals surface area contributed by atoms with Crippen LogP contribution in [0.3, 0.4) is 0 Å². The van der Waals surface area contributed by atoms with Gasteiger partial charge in [-0.15, -0.1) is 11.3 Å². The van der Waals surface area contributed by atoms with E-state index in [9.17, 15) is 9.59 Å². The molecule has 0 saturated carbocycles. The van der Waals surface area contributed by atoms with Crippen LogP contribution in [0.5, 0.6) is 0 Å². The highest BCUT2D eigenvalue weighted by molar-refractivity contribution is 7.14. The number of hydrogen-bond acceptors (Lipinski definition) is 3. The molecule has 3 rings (SSSR count). The van der Waals surface area contributed by atoms with Crippen molar-refractivity contribution in [3.63, 3.8) is 0 Å². The number of thiophene rings is 1. The van der Waals surface area contributed by atoms with Crippen LogP contribution in [0.15, 0.2) is 36.4 Å². The number of nitrogens with one attached hydrogen (secondary N) is 1. The first-order valence-corrected chi connectivity index (χ1v) is 9.64. The lowest BCUT2D eigenvalue weighted by molar-refractivity contribution is -0.121. The lowest BCUT2D eigenvalue weighted by Crippen LogP contribution is -2.43. The number of likely N-dealkylation sites (tertiary alicyclic amines) is 1. The number of carbonyl (C=O) groups is 2. The molecule has 132 valence electrons. The van der Waals surface area contributed by atoms with Gasteiger partial charge in [-0.05, 0) is 49.9 Å². The van der Waals surface area contributed by atoms with Gasteiger partial charge in [-0.1, -0.05) is 25.1 Å². The predicted molar refractivity (Wildman–Crippen MR) is 102 cm³/mol. The molecule has 1 atom stereocenters. The highest BCUT2D eigenvalue weighted by atomic mass is 32.1. The van der Waals surface area contributed by atoms with Gasteiger partial charge < -0.3 is 10.2 Å². The third kappa shape index (κ3) is 4.10. The minimum atomic E-state index is -0.149. The minimum Gasteiger partial charge on any atom is -0.337 e. The van der Waals surface area contributed by atoms with Gasteiger partial charge in [0.25, 0.3) is 5.91 Å². The average molecular weight is 356 g/mol. The molecule has 2 heterocycles. The number of rotatable bonds is 4. The molecule has 1 aliphatic rings. The second-order valence-corrected chi connectivity index (χ2v) is 7.75. The van der Waals surface area contributed by atoms with Crippen molar-refractivity contribution in [1.29, 1.82) is 0 Å². The Morgan fingerprint density at radius 3 is 2.72 bits per heavy atom. The Bertz CT molecular complexity index is 754. The normalized spacial score (nSPS) is 17.4. The van der Waals surface area contributed by atoms with Crippen LogP contribution in [0, 0.1) is 12.8 Å². The molecule has 0 radical (unpaired) electrons. The van der Waals surface area contributed by atoms with Crippen LogP contribution in [-0.4, -0.2) is 29.8 Å². The summed E-state index contributed by atoms with van der Waals surface area (Å²) in [6.45, 7) is 5.39. The Morgan fingerprint density at radius 1 is 1.28 bits per heavy atom. The van der Waals surface area contributed by atoms with Gasteiger partial charge in [0.1, 0.15) is 0 Å². The summed E-state index contributed by atoms with van der Waals surface area (Å²) in [4.78, 5) is 29.2. The first-order chi connectivity index (χ1) is 12.1. The predicted octanol–water partition coefficient (Wildman–Crippen LogP) is 4.11. The molecule has 1 fully saturated rings. The van der Waals surface area contributed by atoms with E-state index in [0.29, 0.717) is 6.54 Å². The van der Waals surface area contributed by atoms with Crippen LogP contribution in [0.1, 0.15) is 39.9 Å². The highest BCUT2D eigenvalue weighted by Gasteiger charge is 2.29. The summed E-state index contributed by atoms with van der Waals surface area (Å²) >= 11 is 1.56. The maximum Gasteiger partial charge on any atom is 0.263 e. The van der Waals surface area contributed by atoms with Gasteiger partial charge in [0, 0.05) is 23.7 Å². The monoisotopic (exact) mass is 356 g/mol. The quantitative estimate of drug-likeness (QED) is 0.896. The van der Waals surface area contributed by atoms with Crippen LogP contribution in [0.4, 0.5) is 5.69 Å². The van der Waals surface area contributed by atoms with Gasteiger partial charge in [0.05, 0.1) is 10.8 Å². The smallest absolute Gasteiger partial charge is 0.263 e. The molecule has 1 aliphatic heterocycles. The van der Waals surface area contributed by atoms with E-state index in [2.05, 4.69) is 19.2 Å². The SMILES string of the molecule is CCc1cc(C(=O)N2CCCC(C(=O)Nc3ccccc3)C2)sc1C. The zero-order chi connectivity index (χ0) is 17.8. The fraction of sp³-hybridized carbons (Fsp3) is 0.400. The van der Waals surface area contributed by atoms with Gasteiger partial charge in [-0.3, -0.25) is 9.59 Å². The zero-order valence-electron chi connectivity index (χ0n) is 14.7. The van der Waals surface area contributed by atoms with E-state index in [1.165, 1.54) is 10.4 Å². The second kappa shape index (κ2) is 7.83. The van der Waals surface area contributed by atoms with E-state index in [-0.39, 0.29) is 17.7 Å². The lowest BCUT2D eigenvalue weighted by Gasteiger charge is -2.31. The number of amides is 2. The van der Waals surface area contributed by atoms with Crippen molar-refractivity contribution >= 4 is 28.8 Å². The van der Waals surface area contributed by atoms with Gasteiger partial charge in [-0.2, -0.15) is 0 Å². The number of aryl methyl sites for hydroxylation is 2. The van der Waals surface area contributed by atoms with Crippen molar-refractivity contribution in [3.8, 4) is 0 Å². The molecule has 0 bridgehead atoms. The fourth-order valence-electron chi connectivity index (χ4n) is 3.27. The Morgan fingerprint density at radius 2 is 2.04 bits per heavy atom. The summed E-state index contributed by atoms with van der Waals surface area (Å²) in [5.41, 5.74) is 2.04. The third-order valence-corrected chi connectivity index (χ3v) is 5.81. The number of para-hydroxylation sites is 1. The molecule has 1 saturated heterocycles. The van der Waals surface area contributed by atoms with Gasteiger partial charge in [0.15, 0.2) is 0 Å². The maximum absolute atomic E-state index is 12.8. The minimum absolute atomic E-state index is 0.000285. The van der Waals surface area contributed by atoms with E-state index in [1.807, 2.05) is 41.3 Å². The van der Waals surface area contributed by atoms with Crippen molar-refractivity contribution in [2.45, 2.75) is 33.1 Å². The number of piperidine rings is 1. The van der Waals surface area contributed by atoms with E-state index in [1.54, 1.807) is 11.3 Å². The van der Waals surface area contributed by atoms with Crippen LogP contribution in [0.2, 0.25) is 0 Å². The molecule has 5 heteroatoms. The molecule has 0 aliphatic carbocycles. The Labute approximate surface area is 152 Å². The summed E-state index contributed by atoms with van der Waals surface area (Å²) in [6.07, 6.45) is 2.63. The number of carbonyl (C=O) groups excluding carboxylic acids is 2. The van der Waals surface area contributed by atoms with E-state index < -0.39 is 0 Å². The van der Waals surface area contributed by atoms with E-state index in [4.69, 9.17) is 0 Å². The molecule has 25 heavy (non-hydrogen) atoms. The van der Waals surface area contributed by atoms with Crippen LogP contribution in [-0.2, 0) is 11.2 Å². The molecule has 1 N–H and O–H groups in total. The van der Waals surface area contributed by atoms with Crippen molar-refractivity contribution in [2.24, 2.45) is 5.92 Å². The Kier molecular flexibility index (Phi) is 5.53. The molecular weight excluding hydrogens is 332 g/mol. The standard InChI is InChI=1S/C20H24N2O2S/c1-3-15-12-18(25-14(15)2)20(24)22-11-7-8-16(13-22)19(23)21-17-9-5-4-6-10-17/h4-6,9-10,12,16H,3,7-8,11,13H2,1-2H3,(H,21,23). The summed E-state index contributed by atoms with van der Waals surface area (Å²) in [7, 11) is 0. The lowest BCUT2D eigenvalue weighted by atomic mass is 9.96.